The van der Waals surface area contributed by atoms with Crippen LogP contribution in [0.15, 0.2) is 22.7 Å². The van der Waals surface area contributed by atoms with Gasteiger partial charge in [0.1, 0.15) is 0 Å². The zero-order valence-electron chi connectivity index (χ0n) is 9.31. The van der Waals surface area contributed by atoms with Crippen molar-refractivity contribution in [2.45, 2.75) is 6.54 Å². The summed E-state index contributed by atoms with van der Waals surface area (Å²) in [5.74, 6) is -0.404. The number of methoxy groups -OCH3 is 1. The lowest BCUT2D eigenvalue weighted by Crippen LogP contribution is -2.17. The highest BCUT2D eigenvalue weighted by molar-refractivity contribution is 9.10. The van der Waals surface area contributed by atoms with Crippen molar-refractivity contribution in [1.82, 2.24) is 9.78 Å². The van der Waals surface area contributed by atoms with Crippen molar-refractivity contribution in [2.24, 2.45) is 5.73 Å². The predicted octanol–water partition coefficient (Wildman–Crippen LogP) is 1.54. The number of carbonyl (C=O) groups is 1. The summed E-state index contributed by atoms with van der Waals surface area (Å²) < 4.78 is 7.25. The summed E-state index contributed by atoms with van der Waals surface area (Å²) in [4.78, 5) is 11.8. The van der Waals surface area contributed by atoms with Gasteiger partial charge in [-0.25, -0.2) is 4.79 Å². The smallest absolute Gasteiger partial charge is 0.356 e. The van der Waals surface area contributed by atoms with Gasteiger partial charge in [0.2, 0.25) is 0 Å². The molecule has 0 spiro atoms. The minimum atomic E-state index is -0.404. The third kappa shape index (κ3) is 2.18. The van der Waals surface area contributed by atoms with Gasteiger partial charge in [0, 0.05) is 16.4 Å². The fourth-order valence-corrected chi connectivity index (χ4v) is 2.06. The molecule has 0 saturated carbocycles. The van der Waals surface area contributed by atoms with Crippen LogP contribution < -0.4 is 5.73 Å². The molecule has 0 unspecified atom stereocenters. The highest BCUT2D eigenvalue weighted by Gasteiger charge is 2.18. The summed E-state index contributed by atoms with van der Waals surface area (Å²) in [7, 11) is 1.35. The van der Waals surface area contributed by atoms with Crippen molar-refractivity contribution >= 4 is 32.8 Å². The maximum atomic E-state index is 11.8. The van der Waals surface area contributed by atoms with Gasteiger partial charge in [-0.15, -0.1) is 0 Å². The number of hydrogen-bond donors (Lipinski definition) is 1. The third-order valence-corrected chi connectivity index (χ3v) is 2.91. The first-order valence-corrected chi connectivity index (χ1v) is 5.91. The van der Waals surface area contributed by atoms with Gasteiger partial charge in [-0.3, -0.25) is 4.68 Å². The van der Waals surface area contributed by atoms with Gasteiger partial charge in [-0.2, -0.15) is 5.10 Å². The second-order valence-electron chi connectivity index (χ2n) is 3.51. The number of fused-ring (bicyclic) bond motifs is 1. The summed E-state index contributed by atoms with van der Waals surface area (Å²) in [6, 6.07) is 5.57. The molecule has 2 rings (SSSR count). The van der Waals surface area contributed by atoms with Crippen LogP contribution in [0.4, 0.5) is 0 Å². The van der Waals surface area contributed by atoms with Crippen LogP contribution in [0.5, 0.6) is 0 Å². The number of rotatable bonds is 3. The Morgan fingerprint density at radius 1 is 1.59 bits per heavy atom. The molecule has 0 saturated heterocycles. The SMILES string of the molecule is COC(=O)c1c2cc(Br)ccc2nn1CCN. The first-order valence-electron chi connectivity index (χ1n) is 5.12. The summed E-state index contributed by atoms with van der Waals surface area (Å²) in [6.07, 6.45) is 0. The molecule has 0 radical (unpaired) electrons. The van der Waals surface area contributed by atoms with Crippen molar-refractivity contribution in [1.29, 1.82) is 0 Å². The summed E-state index contributed by atoms with van der Waals surface area (Å²) in [5.41, 5.74) is 6.69. The van der Waals surface area contributed by atoms with E-state index in [-0.39, 0.29) is 0 Å². The largest absolute Gasteiger partial charge is 0.464 e. The number of halogens is 1. The molecule has 0 aliphatic heterocycles. The van der Waals surface area contributed by atoms with Crippen LogP contribution >= 0.6 is 15.9 Å². The van der Waals surface area contributed by atoms with E-state index < -0.39 is 5.97 Å². The van der Waals surface area contributed by atoms with E-state index >= 15 is 0 Å². The van der Waals surface area contributed by atoms with Crippen molar-refractivity contribution in [3.8, 4) is 0 Å². The maximum absolute atomic E-state index is 11.8. The second kappa shape index (κ2) is 4.85. The van der Waals surface area contributed by atoms with Gasteiger partial charge in [-0.05, 0) is 18.2 Å². The van der Waals surface area contributed by atoms with Crippen LogP contribution in [0, 0.1) is 0 Å². The molecule has 0 aliphatic carbocycles. The standard InChI is InChI=1S/C11H12BrN3O2/c1-17-11(16)10-8-6-7(12)2-3-9(8)14-15(10)5-4-13/h2-3,6H,4-5,13H2,1H3. The summed E-state index contributed by atoms with van der Waals surface area (Å²) >= 11 is 3.37. The van der Waals surface area contributed by atoms with Gasteiger partial charge >= 0.3 is 5.97 Å². The molecule has 0 fully saturated rings. The molecular formula is C11H12BrN3O2. The lowest BCUT2D eigenvalue weighted by molar-refractivity contribution is 0.0589. The molecule has 2 aromatic rings. The number of aromatic nitrogens is 2. The average molecular weight is 298 g/mol. The van der Waals surface area contributed by atoms with E-state index in [0.717, 1.165) is 15.4 Å². The minimum absolute atomic E-state index is 0.404. The van der Waals surface area contributed by atoms with Gasteiger partial charge in [-0.1, -0.05) is 15.9 Å². The first kappa shape index (κ1) is 12.1. The van der Waals surface area contributed by atoms with Crippen LogP contribution in [-0.4, -0.2) is 29.4 Å². The molecule has 17 heavy (non-hydrogen) atoms. The number of nitrogens with two attached hydrogens (primary N) is 1. The van der Waals surface area contributed by atoms with E-state index in [1.165, 1.54) is 7.11 Å². The van der Waals surface area contributed by atoms with Crippen LogP contribution in [-0.2, 0) is 11.3 Å². The Morgan fingerprint density at radius 2 is 2.35 bits per heavy atom. The third-order valence-electron chi connectivity index (χ3n) is 2.42. The van der Waals surface area contributed by atoms with E-state index in [1.807, 2.05) is 18.2 Å². The van der Waals surface area contributed by atoms with Crippen molar-refractivity contribution in [2.75, 3.05) is 13.7 Å². The highest BCUT2D eigenvalue weighted by atomic mass is 79.9. The Labute approximate surface area is 107 Å². The molecule has 0 atom stereocenters. The Balaban J connectivity index is 2.68. The number of nitrogens with zero attached hydrogens (tertiary/aromatic N) is 2. The molecular weight excluding hydrogens is 286 g/mol. The van der Waals surface area contributed by atoms with Crippen molar-refractivity contribution in [3.63, 3.8) is 0 Å². The van der Waals surface area contributed by atoms with Gasteiger partial charge in [0.25, 0.3) is 0 Å². The zero-order valence-corrected chi connectivity index (χ0v) is 10.9. The average Bonchev–Trinajstić information content (AvgIpc) is 2.66. The van der Waals surface area contributed by atoms with Crippen LogP contribution in [0.3, 0.4) is 0 Å². The summed E-state index contributed by atoms with van der Waals surface area (Å²) in [5, 5.41) is 5.09. The molecule has 5 nitrogen and oxygen atoms in total. The van der Waals surface area contributed by atoms with Gasteiger partial charge < -0.3 is 10.5 Å². The predicted molar refractivity (Wildman–Crippen MR) is 67.8 cm³/mol. The topological polar surface area (TPSA) is 70.1 Å². The Kier molecular flexibility index (Phi) is 3.44. The quantitative estimate of drug-likeness (QED) is 0.873. The molecule has 1 aromatic heterocycles. The normalized spacial score (nSPS) is 10.8. The van der Waals surface area contributed by atoms with E-state index in [2.05, 4.69) is 21.0 Å². The number of benzene rings is 1. The van der Waals surface area contributed by atoms with E-state index in [0.29, 0.717) is 18.8 Å². The molecule has 6 heteroatoms. The number of ether oxygens (including phenoxy) is 1. The second-order valence-corrected chi connectivity index (χ2v) is 4.43. The lowest BCUT2D eigenvalue weighted by atomic mass is 10.2. The van der Waals surface area contributed by atoms with Gasteiger partial charge in [0.15, 0.2) is 5.69 Å². The van der Waals surface area contributed by atoms with Crippen LogP contribution in [0.25, 0.3) is 10.9 Å². The highest BCUT2D eigenvalue weighted by Crippen LogP contribution is 2.23. The molecule has 1 heterocycles. The number of carbonyl (C=O) groups excluding carboxylic acids is 1. The van der Waals surface area contributed by atoms with Crippen LogP contribution in [0.1, 0.15) is 10.5 Å². The lowest BCUT2D eigenvalue weighted by Gasteiger charge is -2.03. The van der Waals surface area contributed by atoms with E-state index in [1.54, 1.807) is 4.68 Å². The van der Waals surface area contributed by atoms with Crippen molar-refractivity contribution < 1.29 is 9.53 Å². The fourth-order valence-electron chi connectivity index (χ4n) is 1.70. The Bertz CT molecular complexity index is 565. The Morgan fingerprint density at radius 3 is 3.00 bits per heavy atom. The molecule has 0 amide bonds. The van der Waals surface area contributed by atoms with Crippen LogP contribution in [0.2, 0.25) is 0 Å². The Hall–Kier alpha value is -1.40. The zero-order chi connectivity index (χ0) is 12.4. The van der Waals surface area contributed by atoms with Crippen molar-refractivity contribution in [3.05, 3.63) is 28.4 Å². The number of esters is 1. The fraction of sp³-hybridized carbons (Fsp3) is 0.273. The molecule has 2 N–H and O–H groups in total. The minimum Gasteiger partial charge on any atom is -0.464 e. The maximum Gasteiger partial charge on any atom is 0.356 e. The molecule has 0 aliphatic rings. The van der Waals surface area contributed by atoms with E-state index in [4.69, 9.17) is 10.5 Å². The first-order chi connectivity index (χ1) is 8.17. The molecule has 0 bridgehead atoms. The molecule has 90 valence electrons. The number of hydrogen-bond acceptors (Lipinski definition) is 4. The monoisotopic (exact) mass is 297 g/mol. The summed E-state index contributed by atoms with van der Waals surface area (Å²) in [6.45, 7) is 0.899. The molecule has 1 aromatic carbocycles. The van der Waals surface area contributed by atoms with E-state index in [9.17, 15) is 4.79 Å². The van der Waals surface area contributed by atoms with Gasteiger partial charge in [0.05, 0.1) is 19.2 Å².